The molecule has 2 heterocycles. The highest BCUT2D eigenvalue weighted by Gasteiger charge is 2.30. The molecule has 0 aromatic carbocycles. The summed E-state index contributed by atoms with van der Waals surface area (Å²) in [6, 6.07) is 0. The summed E-state index contributed by atoms with van der Waals surface area (Å²) in [5.74, 6) is 1.07. The minimum absolute atomic E-state index is 0.115. The van der Waals surface area contributed by atoms with Gasteiger partial charge in [0.05, 0.1) is 6.20 Å². The zero-order valence-electron chi connectivity index (χ0n) is 16.1. The van der Waals surface area contributed by atoms with E-state index in [0.29, 0.717) is 18.7 Å². The van der Waals surface area contributed by atoms with E-state index in [9.17, 15) is 9.59 Å². The number of hydrogen-bond donors (Lipinski definition) is 0. The zero-order chi connectivity index (χ0) is 18.5. The Morgan fingerprint density at radius 1 is 1.27 bits per heavy atom. The fraction of sp³-hybridized carbons (Fsp3) is 0.789. The molecule has 1 aromatic heterocycles. The molecule has 1 aromatic rings. The van der Waals surface area contributed by atoms with Crippen LogP contribution in [-0.4, -0.2) is 63.3 Å². The molecule has 7 nitrogen and oxygen atoms in total. The molecule has 1 saturated heterocycles. The molecular formula is C19H31N5O2. The van der Waals surface area contributed by atoms with E-state index in [-0.39, 0.29) is 17.7 Å². The number of nitrogens with zero attached hydrogens (tertiary/aromatic N) is 5. The summed E-state index contributed by atoms with van der Waals surface area (Å²) in [4.78, 5) is 28.0. The quantitative estimate of drug-likeness (QED) is 0.746. The zero-order valence-corrected chi connectivity index (χ0v) is 16.1. The average molecular weight is 361 g/mol. The van der Waals surface area contributed by atoms with Crippen molar-refractivity contribution in [3.05, 3.63) is 11.9 Å². The Bertz CT molecular complexity index is 623. The van der Waals surface area contributed by atoms with Crippen molar-refractivity contribution in [2.24, 2.45) is 11.8 Å². The monoisotopic (exact) mass is 361 g/mol. The van der Waals surface area contributed by atoms with Crippen molar-refractivity contribution in [1.29, 1.82) is 0 Å². The lowest BCUT2D eigenvalue weighted by Gasteiger charge is -2.21. The van der Waals surface area contributed by atoms with Crippen molar-refractivity contribution in [3.8, 4) is 0 Å². The number of hydrogen-bond acceptors (Lipinski definition) is 4. The molecule has 3 rings (SSSR count). The molecule has 1 aliphatic carbocycles. The van der Waals surface area contributed by atoms with Gasteiger partial charge in [-0.1, -0.05) is 37.3 Å². The summed E-state index contributed by atoms with van der Waals surface area (Å²) in [5, 5.41) is 8.20. The van der Waals surface area contributed by atoms with E-state index in [1.165, 1.54) is 32.1 Å². The summed E-state index contributed by atoms with van der Waals surface area (Å²) in [6.45, 7) is 4.87. The maximum Gasteiger partial charge on any atom is 0.275 e. The number of amides is 2. The Morgan fingerprint density at radius 3 is 2.73 bits per heavy atom. The van der Waals surface area contributed by atoms with Crippen LogP contribution in [0.1, 0.15) is 62.4 Å². The highest BCUT2D eigenvalue weighted by Crippen LogP contribution is 2.26. The van der Waals surface area contributed by atoms with Crippen LogP contribution < -0.4 is 0 Å². The molecule has 0 N–H and O–H groups in total. The summed E-state index contributed by atoms with van der Waals surface area (Å²) >= 11 is 0. The summed E-state index contributed by atoms with van der Waals surface area (Å²) in [7, 11) is 1.78. The standard InChI is InChI=1S/C19H31N5O2/c1-3-23-13-16(11-18(23)25)12-22(2)19(26)17-14-24(21-20-17)10-9-15-7-5-4-6-8-15/h14-16H,3-13H2,1-2H3/t16-/m1/s1. The third kappa shape index (κ3) is 4.62. The number of carbonyl (C=O) groups is 2. The SMILES string of the molecule is CCN1C[C@@H](CN(C)C(=O)c2cn(CCC3CCCCC3)nn2)CC1=O. The second kappa shape index (κ2) is 8.64. The predicted molar refractivity (Wildman–Crippen MR) is 98.5 cm³/mol. The Labute approximate surface area is 155 Å². The largest absolute Gasteiger partial charge is 0.343 e. The first kappa shape index (κ1) is 18.9. The number of rotatable bonds is 7. The molecule has 2 aliphatic rings. The van der Waals surface area contributed by atoms with Crippen molar-refractivity contribution < 1.29 is 9.59 Å². The third-order valence-corrected chi connectivity index (χ3v) is 5.80. The van der Waals surface area contributed by atoms with Crippen LogP contribution in [0.5, 0.6) is 0 Å². The van der Waals surface area contributed by atoms with Crippen LogP contribution in [0, 0.1) is 11.8 Å². The van der Waals surface area contributed by atoms with Gasteiger partial charge in [-0.3, -0.25) is 14.3 Å². The number of carbonyl (C=O) groups excluding carboxylic acids is 2. The van der Waals surface area contributed by atoms with Crippen molar-refractivity contribution in [2.45, 2.75) is 58.4 Å². The summed E-state index contributed by atoms with van der Waals surface area (Å²) in [6.07, 6.45) is 10.1. The van der Waals surface area contributed by atoms with Crippen LogP contribution >= 0.6 is 0 Å². The highest BCUT2D eigenvalue weighted by molar-refractivity contribution is 5.91. The Balaban J connectivity index is 1.48. The van der Waals surface area contributed by atoms with Crippen molar-refractivity contribution in [2.75, 3.05) is 26.7 Å². The fourth-order valence-electron chi connectivity index (χ4n) is 4.24. The minimum atomic E-state index is -0.115. The van der Waals surface area contributed by atoms with Crippen LogP contribution in [-0.2, 0) is 11.3 Å². The Hall–Kier alpha value is -1.92. The van der Waals surface area contributed by atoms with Crippen molar-refractivity contribution in [1.82, 2.24) is 24.8 Å². The molecule has 144 valence electrons. The molecule has 7 heteroatoms. The first-order valence-corrected chi connectivity index (χ1v) is 10.00. The van der Waals surface area contributed by atoms with E-state index in [2.05, 4.69) is 10.3 Å². The van der Waals surface area contributed by atoms with Gasteiger partial charge in [0.2, 0.25) is 5.91 Å². The molecule has 2 fully saturated rings. The summed E-state index contributed by atoms with van der Waals surface area (Å²) in [5.41, 5.74) is 0.396. The molecule has 1 atom stereocenters. The lowest BCUT2D eigenvalue weighted by Crippen LogP contribution is -2.33. The maximum atomic E-state index is 12.6. The van der Waals surface area contributed by atoms with Gasteiger partial charge in [0.1, 0.15) is 0 Å². The smallest absolute Gasteiger partial charge is 0.275 e. The minimum Gasteiger partial charge on any atom is -0.343 e. The maximum absolute atomic E-state index is 12.6. The fourth-order valence-corrected chi connectivity index (χ4v) is 4.24. The predicted octanol–water partition coefficient (Wildman–Crippen LogP) is 2.19. The molecule has 26 heavy (non-hydrogen) atoms. The van der Waals surface area contributed by atoms with Crippen LogP contribution in [0.3, 0.4) is 0 Å². The van der Waals surface area contributed by atoms with Gasteiger partial charge in [-0.05, 0) is 19.3 Å². The van der Waals surface area contributed by atoms with Gasteiger partial charge in [-0.2, -0.15) is 0 Å². The molecule has 1 saturated carbocycles. The van der Waals surface area contributed by atoms with Gasteiger partial charge in [0.25, 0.3) is 5.91 Å². The van der Waals surface area contributed by atoms with E-state index in [1.54, 1.807) is 22.8 Å². The molecule has 2 amide bonds. The molecular weight excluding hydrogens is 330 g/mol. The third-order valence-electron chi connectivity index (χ3n) is 5.80. The molecule has 0 unspecified atom stereocenters. The lowest BCUT2D eigenvalue weighted by atomic mass is 9.87. The van der Waals surface area contributed by atoms with Crippen LogP contribution in [0.4, 0.5) is 0 Å². The van der Waals surface area contributed by atoms with E-state index >= 15 is 0 Å². The summed E-state index contributed by atoms with van der Waals surface area (Å²) < 4.78 is 1.80. The Kier molecular flexibility index (Phi) is 6.27. The van der Waals surface area contributed by atoms with E-state index < -0.39 is 0 Å². The number of aryl methyl sites for hydroxylation is 1. The average Bonchev–Trinajstić information content (AvgIpc) is 3.26. The number of aromatic nitrogens is 3. The van der Waals surface area contributed by atoms with E-state index in [4.69, 9.17) is 0 Å². The first-order chi connectivity index (χ1) is 12.6. The highest BCUT2D eigenvalue weighted by atomic mass is 16.2. The van der Waals surface area contributed by atoms with Crippen molar-refractivity contribution in [3.63, 3.8) is 0 Å². The molecule has 1 aliphatic heterocycles. The topological polar surface area (TPSA) is 71.3 Å². The second-order valence-electron chi connectivity index (χ2n) is 7.85. The van der Waals surface area contributed by atoms with Gasteiger partial charge in [-0.25, -0.2) is 0 Å². The molecule has 0 radical (unpaired) electrons. The van der Waals surface area contributed by atoms with Gasteiger partial charge < -0.3 is 9.80 Å². The van der Waals surface area contributed by atoms with Crippen molar-refractivity contribution >= 4 is 11.8 Å². The second-order valence-corrected chi connectivity index (χ2v) is 7.85. The van der Waals surface area contributed by atoms with Gasteiger partial charge in [-0.15, -0.1) is 5.10 Å². The van der Waals surface area contributed by atoms with Gasteiger partial charge in [0.15, 0.2) is 5.69 Å². The van der Waals surface area contributed by atoms with Gasteiger partial charge in [0, 0.05) is 45.6 Å². The van der Waals surface area contributed by atoms with E-state index in [1.807, 2.05) is 11.8 Å². The van der Waals surface area contributed by atoms with Crippen LogP contribution in [0.2, 0.25) is 0 Å². The van der Waals surface area contributed by atoms with Crippen LogP contribution in [0.25, 0.3) is 0 Å². The van der Waals surface area contributed by atoms with Crippen LogP contribution in [0.15, 0.2) is 6.20 Å². The Morgan fingerprint density at radius 2 is 2.04 bits per heavy atom. The normalized spacial score (nSPS) is 21.4. The van der Waals surface area contributed by atoms with Gasteiger partial charge >= 0.3 is 0 Å². The lowest BCUT2D eigenvalue weighted by molar-refractivity contribution is -0.127. The first-order valence-electron chi connectivity index (χ1n) is 10.00. The number of likely N-dealkylation sites (tertiary alicyclic amines) is 1. The molecule has 0 spiro atoms. The molecule has 0 bridgehead atoms. The van der Waals surface area contributed by atoms with E-state index in [0.717, 1.165) is 32.0 Å².